The molecule has 0 bridgehead atoms. The molecule has 9 heteroatoms. The molecule has 28 heavy (non-hydrogen) atoms. The smallest absolute Gasteiger partial charge is 0.230 e. The van der Waals surface area contributed by atoms with E-state index in [0.29, 0.717) is 28.8 Å². The fourth-order valence-electron chi connectivity index (χ4n) is 2.87. The molecule has 0 amide bonds. The van der Waals surface area contributed by atoms with E-state index in [1.165, 1.54) is 12.1 Å². The van der Waals surface area contributed by atoms with Crippen molar-refractivity contribution in [3.8, 4) is 5.88 Å². The van der Waals surface area contributed by atoms with Crippen molar-refractivity contribution in [2.24, 2.45) is 0 Å². The number of hydrogen-bond acceptors (Lipinski definition) is 6. The van der Waals surface area contributed by atoms with Crippen LogP contribution in [0, 0.1) is 5.82 Å². The molecule has 0 fully saturated rings. The average molecular weight is 381 g/mol. The third kappa shape index (κ3) is 3.64. The zero-order valence-corrected chi connectivity index (χ0v) is 15.7. The van der Waals surface area contributed by atoms with Gasteiger partial charge in [0.2, 0.25) is 11.8 Å². The Bertz CT molecular complexity index is 1090. The molecule has 0 aliphatic rings. The highest BCUT2D eigenvalue weighted by molar-refractivity contribution is 5.72. The van der Waals surface area contributed by atoms with Gasteiger partial charge in [-0.1, -0.05) is 12.1 Å². The van der Waals surface area contributed by atoms with Crippen LogP contribution >= 0.6 is 0 Å². The minimum Gasteiger partial charge on any atom is -0.475 e. The van der Waals surface area contributed by atoms with Crippen molar-refractivity contribution in [3.63, 3.8) is 0 Å². The zero-order chi connectivity index (χ0) is 19.7. The minimum atomic E-state index is -0.264. The standard InChI is InChI=1S/C19H20FN7O/c1-11(2)28-17-8-16(25-26-17)23-19-21-9-15-18(24-19)27(10-22-15)12(3)13-4-6-14(20)7-5-13/h4-12H,1-3H3,(H2,21,23,24,25,26). The number of nitrogens with one attached hydrogen (secondary N) is 2. The van der Waals surface area contributed by atoms with Crippen LogP contribution in [0.4, 0.5) is 16.2 Å². The predicted molar refractivity (Wildman–Crippen MR) is 103 cm³/mol. The third-order valence-electron chi connectivity index (χ3n) is 4.24. The summed E-state index contributed by atoms with van der Waals surface area (Å²) in [5.41, 5.74) is 2.30. The van der Waals surface area contributed by atoms with Crippen molar-refractivity contribution >= 4 is 22.9 Å². The van der Waals surface area contributed by atoms with Crippen LogP contribution in [-0.2, 0) is 0 Å². The van der Waals surface area contributed by atoms with E-state index in [1.54, 1.807) is 30.7 Å². The van der Waals surface area contributed by atoms with Crippen LogP contribution in [0.15, 0.2) is 42.9 Å². The van der Waals surface area contributed by atoms with Gasteiger partial charge in [0.1, 0.15) is 11.3 Å². The summed E-state index contributed by atoms with van der Waals surface area (Å²) in [7, 11) is 0. The first-order chi connectivity index (χ1) is 13.5. The fraction of sp³-hybridized carbons (Fsp3) is 0.263. The number of ether oxygens (including phenoxy) is 1. The number of nitrogens with zero attached hydrogens (tertiary/aromatic N) is 5. The minimum absolute atomic E-state index is 0.0446. The number of aromatic amines is 1. The molecular formula is C19H20FN7O. The van der Waals surface area contributed by atoms with Crippen molar-refractivity contribution < 1.29 is 9.13 Å². The Morgan fingerprint density at radius 3 is 2.68 bits per heavy atom. The lowest BCUT2D eigenvalue weighted by Crippen LogP contribution is -2.07. The van der Waals surface area contributed by atoms with Gasteiger partial charge in [-0.25, -0.2) is 19.5 Å². The van der Waals surface area contributed by atoms with Gasteiger partial charge in [-0.2, -0.15) is 10.1 Å². The van der Waals surface area contributed by atoms with E-state index >= 15 is 0 Å². The highest BCUT2D eigenvalue weighted by atomic mass is 19.1. The SMILES string of the molecule is CC(C)Oc1cc(Nc2ncc3ncn(C(C)c4ccc(F)cc4)c3n2)n[nH]1. The summed E-state index contributed by atoms with van der Waals surface area (Å²) in [5, 5.41) is 10.0. The number of fused-ring (bicyclic) bond motifs is 1. The summed E-state index contributed by atoms with van der Waals surface area (Å²) >= 11 is 0. The molecule has 2 N–H and O–H groups in total. The van der Waals surface area contributed by atoms with E-state index in [0.717, 1.165) is 5.56 Å². The van der Waals surface area contributed by atoms with Gasteiger partial charge in [0.05, 0.1) is 24.7 Å². The van der Waals surface area contributed by atoms with Crippen molar-refractivity contribution in [1.82, 2.24) is 29.7 Å². The van der Waals surface area contributed by atoms with E-state index in [4.69, 9.17) is 4.74 Å². The maximum atomic E-state index is 13.2. The molecule has 144 valence electrons. The molecule has 1 aromatic carbocycles. The normalized spacial score (nSPS) is 12.5. The molecule has 0 radical (unpaired) electrons. The van der Waals surface area contributed by atoms with Gasteiger partial charge >= 0.3 is 0 Å². The Balaban J connectivity index is 1.60. The first-order valence-corrected chi connectivity index (χ1v) is 8.93. The zero-order valence-electron chi connectivity index (χ0n) is 15.7. The number of halogens is 1. The van der Waals surface area contributed by atoms with Gasteiger partial charge in [0.15, 0.2) is 11.5 Å². The van der Waals surface area contributed by atoms with Crippen LogP contribution in [-0.4, -0.2) is 35.8 Å². The highest BCUT2D eigenvalue weighted by Crippen LogP contribution is 2.24. The molecule has 0 saturated carbocycles. The monoisotopic (exact) mass is 381 g/mol. The number of rotatable bonds is 6. The Labute approximate surface area is 160 Å². The molecule has 0 saturated heterocycles. The lowest BCUT2D eigenvalue weighted by Gasteiger charge is -2.14. The Kier molecular flexibility index (Phi) is 4.64. The summed E-state index contributed by atoms with van der Waals surface area (Å²) in [6.07, 6.45) is 3.40. The van der Waals surface area contributed by atoms with Crippen LogP contribution in [0.25, 0.3) is 11.2 Å². The summed E-state index contributed by atoms with van der Waals surface area (Å²) in [6, 6.07) is 8.08. The topological polar surface area (TPSA) is 93.5 Å². The van der Waals surface area contributed by atoms with E-state index < -0.39 is 0 Å². The summed E-state index contributed by atoms with van der Waals surface area (Å²) in [6.45, 7) is 5.88. The number of benzene rings is 1. The molecule has 1 atom stereocenters. The van der Waals surface area contributed by atoms with Crippen molar-refractivity contribution in [1.29, 1.82) is 0 Å². The van der Waals surface area contributed by atoms with E-state index in [9.17, 15) is 4.39 Å². The van der Waals surface area contributed by atoms with E-state index in [-0.39, 0.29) is 18.0 Å². The van der Waals surface area contributed by atoms with Gasteiger partial charge in [-0.15, -0.1) is 0 Å². The molecule has 0 spiro atoms. The molecular weight excluding hydrogens is 361 g/mol. The lowest BCUT2D eigenvalue weighted by atomic mass is 10.1. The number of imidazole rings is 1. The molecule has 1 unspecified atom stereocenters. The summed E-state index contributed by atoms with van der Waals surface area (Å²) in [5.74, 6) is 1.24. The van der Waals surface area contributed by atoms with Crippen LogP contribution in [0.5, 0.6) is 5.88 Å². The van der Waals surface area contributed by atoms with Gasteiger partial charge in [-0.05, 0) is 38.5 Å². The second kappa shape index (κ2) is 7.26. The molecule has 0 aliphatic carbocycles. The van der Waals surface area contributed by atoms with Crippen molar-refractivity contribution in [2.75, 3.05) is 5.32 Å². The fourth-order valence-corrected chi connectivity index (χ4v) is 2.87. The Hall–Kier alpha value is -3.49. The van der Waals surface area contributed by atoms with Crippen LogP contribution in [0.2, 0.25) is 0 Å². The summed E-state index contributed by atoms with van der Waals surface area (Å²) < 4.78 is 20.7. The maximum absolute atomic E-state index is 13.2. The molecule has 8 nitrogen and oxygen atoms in total. The lowest BCUT2D eigenvalue weighted by molar-refractivity contribution is 0.232. The van der Waals surface area contributed by atoms with Crippen molar-refractivity contribution in [2.45, 2.75) is 32.9 Å². The van der Waals surface area contributed by atoms with Crippen LogP contribution in [0.1, 0.15) is 32.4 Å². The van der Waals surface area contributed by atoms with Gasteiger partial charge < -0.3 is 14.6 Å². The molecule has 4 rings (SSSR count). The number of H-pyrrole nitrogens is 1. The van der Waals surface area contributed by atoms with Crippen LogP contribution < -0.4 is 10.1 Å². The first-order valence-electron chi connectivity index (χ1n) is 8.93. The summed E-state index contributed by atoms with van der Waals surface area (Å²) in [4.78, 5) is 13.2. The van der Waals surface area contributed by atoms with Gasteiger partial charge in [0, 0.05) is 6.07 Å². The van der Waals surface area contributed by atoms with Crippen molar-refractivity contribution in [3.05, 3.63) is 54.2 Å². The second-order valence-corrected chi connectivity index (χ2v) is 6.69. The average Bonchev–Trinajstić information content (AvgIpc) is 3.28. The van der Waals surface area contributed by atoms with Gasteiger partial charge in [-0.3, -0.25) is 0 Å². The maximum Gasteiger partial charge on any atom is 0.230 e. The Morgan fingerprint density at radius 1 is 1.14 bits per heavy atom. The number of aromatic nitrogens is 6. The Morgan fingerprint density at radius 2 is 1.93 bits per heavy atom. The second-order valence-electron chi connectivity index (χ2n) is 6.69. The predicted octanol–water partition coefficient (Wildman–Crippen LogP) is 3.83. The molecule has 0 aliphatic heterocycles. The van der Waals surface area contributed by atoms with Crippen LogP contribution in [0.3, 0.4) is 0 Å². The third-order valence-corrected chi connectivity index (χ3v) is 4.24. The molecule has 3 heterocycles. The largest absolute Gasteiger partial charge is 0.475 e. The van der Waals surface area contributed by atoms with E-state index in [2.05, 4.69) is 30.5 Å². The molecule has 4 aromatic rings. The number of anilines is 2. The van der Waals surface area contributed by atoms with E-state index in [1.807, 2.05) is 25.3 Å². The highest BCUT2D eigenvalue weighted by Gasteiger charge is 2.14. The number of hydrogen-bond donors (Lipinski definition) is 2. The quantitative estimate of drug-likeness (QED) is 0.527. The molecule has 3 aromatic heterocycles. The van der Waals surface area contributed by atoms with Gasteiger partial charge in [0.25, 0.3) is 0 Å². The first kappa shape index (κ1) is 17.9.